The number of benzene rings is 1. The minimum atomic E-state index is -0.469. The summed E-state index contributed by atoms with van der Waals surface area (Å²) in [5.41, 5.74) is 1.91. The lowest BCUT2D eigenvalue weighted by Gasteiger charge is -2.30. The Balaban J connectivity index is 0.00000200. The number of rotatable bonds is 5. The molecule has 2 N–H and O–H groups in total. The van der Waals surface area contributed by atoms with Crippen LogP contribution in [0.5, 0.6) is 0 Å². The van der Waals surface area contributed by atoms with Crippen LogP contribution in [0, 0.1) is 5.92 Å². The van der Waals surface area contributed by atoms with E-state index in [-0.39, 0.29) is 18.3 Å². The lowest BCUT2D eigenvalue weighted by atomic mass is 9.83. The molecule has 2 rings (SSSR count). The molecule has 0 aliphatic carbocycles. The standard InChI is InChI=1S/C16H24N2O.ClH/c1-4-12-5-7-14(8-6-12)16(2,3)15(19)18-11-13-9-17-10-13;/h5-8,13,17H,4,9-11H2,1-3H3,(H,18,19);1H. The molecule has 1 aliphatic rings. The number of carbonyl (C=O) groups is 1. The minimum Gasteiger partial charge on any atom is -0.355 e. The second-order valence-corrected chi connectivity index (χ2v) is 5.91. The Morgan fingerprint density at radius 1 is 1.30 bits per heavy atom. The summed E-state index contributed by atoms with van der Waals surface area (Å²) in [5.74, 6) is 0.714. The fourth-order valence-corrected chi connectivity index (χ4v) is 2.24. The van der Waals surface area contributed by atoms with E-state index in [1.807, 2.05) is 13.8 Å². The van der Waals surface area contributed by atoms with Crippen molar-refractivity contribution in [3.8, 4) is 0 Å². The van der Waals surface area contributed by atoms with Crippen LogP contribution >= 0.6 is 12.4 Å². The van der Waals surface area contributed by atoms with Crippen LogP contribution in [0.25, 0.3) is 0 Å². The van der Waals surface area contributed by atoms with Gasteiger partial charge in [-0.25, -0.2) is 0 Å². The quantitative estimate of drug-likeness (QED) is 0.875. The summed E-state index contributed by atoms with van der Waals surface area (Å²) in [5, 5.41) is 6.29. The maximum atomic E-state index is 12.3. The van der Waals surface area contributed by atoms with Crippen LogP contribution in [0.15, 0.2) is 24.3 Å². The number of aryl methyl sites for hydroxylation is 1. The summed E-state index contributed by atoms with van der Waals surface area (Å²) in [6.07, 6.45) is 1.03. The molecule has 1 fully saturated rings. The second-order valence-electron chi connectivity index (χ2n) is 5.91. The molecule has 4 heteroatoms. The summed E-state index contributed by atoms with van der Waals surface area (Å²) in [6, 6.07) is 8.37. The molecule has 1 aliphatic heterocycles. The fourth-order valence-electron chi connectivity index (χ4n) is 2.24. The number of carbonyl (C=O) groups excluding carboxylic acids is 1. The van der Waals surface area contributed by atoms with Gasteiger partial charge < -0.3 is 10.6 Å². The van der Waals surface area contributed by atoms with Crippen LogP contribution < -0.4 is 10.6 Å². The van der Waals surface area contributed by atoms with Gasteiger partial charge in [-0.15, -0.1) is 12.4 Å². The zero-order valence-electron chi connectivity index (χ0n) is 12.5. The van der Waals surface area contributed by atoms with Gasteiger partial charge in [0.2, 0.25) is 5.91 Å². The van der Waals surface area contributed by atoms with E-state index in [1.165, 1.54) is 5.56 Å². The summed E-state index contributed by atoms with van der Waals surface area (Å²) in [7, 11) is 0. The van der Waals surface area contributed by atoms with Gasteiger partial charge in [-0.3, -0.25) is 4.79 Å². The van der Waals surface area contributed by atoms with E-state index in [1.54, 1.807) is 0 Å². The maximum absolute atomic E-state index is 12.3. The van der Waals surface area contributed by atoms with E-state index in [0.29, 0.717) is 5.92 Å². The molecule has 1 aromatic rings. The number of hydrogen-bond acceptors (Lipinski definition) is 2. The van der Waals surface area contributed by atoms with Gasteiger partial charge in [0.25, 0.3) is 0 Å². The summed E-state index contributed by atoms with van der Waals surface area (Å²) < 4.78 is 0. The fraction of sp³-hybridized carbons (Fsp3) is 0.562. The highest BCUT2D eigenvalue weighted by molar-refractivity contribution is 5.87. The molecular formula is C16H25ClN2O. The Bertz CT molecular complexity index is 438. The third kappa shape index (κ3) is 3.74. The van der Waals surface area contributed by atoms with Crippen molar-refractivity contribution in [1.29, 1.82) is 0 Å². The average molecular weight is 297 g/mol. The molecule has 0 radical (unpaired) electrons. The van der Waals surface area contributed by atoms with Crippen molar-refractivity contribution in [3.63, 3.8) is 0 Å². The van der Waals surface area contributed by atoms with Crippen LogP contribution in [0.3, 0.4) is 0 Å². The highest BCUT2D eigenvalue weighted by Gasteiger charge is 2.30. The van der Waals surface area contributed by atoms with Crippen molar-refractivity contribution in [1.82, 2.24) is 10.6 Å². The van der Waals surface area contributed by atoms with Gasteiger partial charge in [0, 0.05) is 25.6 Å². The normalized spacial score (nSPS) is 15.2. The molecule has 0 unspecified atom stereocenters. The van der Waals surface area contributed by atoms with E-state index in [9.17, 15) is 4.79 Å². The first-order valence-electron chi connectivity index (χ1n) is 7.12. The monoisotopic (exact) mass is 296 g/mol. The van der Waals surface area contributed by atoms with E-state index in [4.69, 9.17) is 0 Å². The lowest BCUT2D eigenvalue weighted by Crippen LogP contribution is -2.50. The van der Waals surface area contributed by atoms with Crippen molar-refractivity contribution in [3.05, 3.63) is 35.4 Å². The van der Waals surface area contributed by atoms with Crippen LogP contribution in [0.2, 0.25) is 0 Å². The zero-order valence-corrected chi connectivity index (χ0v) is 13.3. The number of hydrogen-bond donors (Lipinski definition) is 2. The maximum Gasteiger partial charge on any atom is 0.230 e. The van der Waals surface area contributed by atoms with Crippen LogP contribution in [0.4, 0.5) is 0 Å². The first-order valence-corrected chi connectivity index (χ1v) is 7.12. The van der Waals surface area contributed by atoms with Crippen molar-refractivity contribution >= 4 is 18.3 Å². The van der Waals surface area contributed by atoms with Crippen molar-refractivity contribution in [2.45, 2.75) is 32.6 Å². The highest BCUT2D eigenvalue weighted by Crippen LogP contribution is 2.24. The first-order chi connectivity index (χ1) is 9.04. The number of amides is 1. The van der Waals surface area contributed by atoms with E-state index < -0.39 is 5.41 Å². The van der Waals surface area contributed by atoms with Crippen LogP contribution in [-0.4, -0.2) is 25.5 Å². The molecule has 1 heterocycles. The second kappa shape index (κ2) is 7.09. The van der Waals surface area contributed by atoms with Gasteiger partial charge >= 0.3 is 0 Å². The average Bonchev–Trinajstić information content (AvgIpc) is 2.36. The van der Waals surface area contributed by atoms with Gasteiger partial charge in [0.05, 0.1) is 5.41 Å². The van der Waals surface area contributed by atoms with Crippen molar-refractivity contribution in [2.24, 2.45) is 5.92 Å². The van der Waals surface area contributed by atoms with Gasteiger partial charge in [0.1, 0.15) is 0 Å². The molecule has 1 saturated heterocycles. The third-order valence-electron chi connectivity index (χ3n) is 4.07. The molecule has 1 amide bonds. The SMILES string of the molecule is CCc1ccc(C(C)(C)C(=O)NCC2CNC2)cc1.Cl. The molecular weight excluding hydrogens is 272 g/mol. The molecule has 0 bridgehead atoms. The Kier molecular flexibility index (Phi) is 6.03. The number of halogens is 1. The molecule has 1 aromatic carbocycles. The van der Waals surface area contributed by atoms with Crippen LogP contribution in [0.1, 0.15) is 31.9 Å². The summed E-state index contributed by atoms with van der Waals surface area (Å²) >= 11 is 0. The molecule has 0 spiro atoms. The predicted octanol–water partition coefficient (Wildman–Crippen LogP) is 2.28. The van der Waals surface area contributed by atoms with E-state index in [2.05, 4.69) is 41.8 Å². The van der Waals surface area contributed by atoms with Gasteiger partial charge in [-0.2, -0.15) is 0 Å². The Morgan fingerprint density at radius 2 is 1.90 bits per heavy atom. The van der Waals surface area contributed by atoms with Gasteiger partial charge in [-0.1, -0.05) is 31.2 Å². The van der Waals surface area contributed by atoms with Gasteiger partial charge in [-0.05, 0) is 31.4 Å². The third-order valence-corrected chi connectivity index (χ3v) is 4.07. The van der Waals surface area contributed by atoms with Crippen molar-refractivity contribution in [2.75, 3.05) is 19.6 Å². The molecule has 20 heavy (non-hydrogen) atoms. The topological polar surface area (TPSA) is 41.1 Å². The van der Waals surface area contributed by atoms with E-state index >= 15 is 0 Å². The van der Waals surface area contributed by atoms with Gasteiger partial charge in [0.15, 0.2) is 0 Å². The Labute approximate surface area is 127 Å². The lowest BCUT2D eigenvalue weighted by molar-refractivity contribution is -0.125. The Morgan fingerprint density at radius 3 is 2.35 bits per heavy atom. The largest absolute Gasteiger partial charge is 0.355 e. The number of nitrogens with one attached hydrogen (secondary N) is 2. The Hall–Kier alpha value is -1.06. The molecule has 0 saturated carbocycles. The molecule has 3 nitrogen and oxygen atoms in total. The van der Waals surface area contributed by atoms with E-state index in [0.717, 1.165) is 31.6 Å². The molecule has 0 atom stereocenters. The smallest absolute Gasteiger partial charge is 0.230 e. The summed E-state index contributed by atoms with van der Waals surface area (Å²) in [4.78, 5) is 12.3. The zero-order chi connectivity index (χ0) is 13.9. The first kappa shape index (κ1) is 17.0. The minimum absolute atomic E-state index is 0. The molecule has 112 valence electrons. The highest BCUT2D eigenvalue weighted by atomic mass is 35.5. The van der Waals surface area contributed by atoms with Crippen LogP contribution in [-0.2, 0) is 16.6 Å². The molecule has 0 aromatic heterocycles. The van der Waals surface area contributed by atoms with Crippen molar-refractivity contribution < 1.29 is 4.79 Å². The summed E-state index contributed by atoms with van der Waals surface area (Å²) in [6.45, 7) is 8.93. The predicted molar refractivity (Wildman–Crippen MR) is 85.5 cm³/mol.